The molecule has 1 aromatic carbocycles. The Kier molecular flexibility index (Phi) is 4.60. The topological polar surface area (TPSA) is 42.4 Å². The average molecular weight is 310 g/mol. The summed E-state index contributed by atoms with van der Waals surface area (Å²) in [4.78, 5) is 19.1. The number of hydrogen-bond acceptors (Lipinski definition) is 3. The molecule has 23 heavy (non-hydrogen) atoms. The van der Waals surface area contributed by atoms with Gasteiger partial charge in [0.05, 0.1) is 12.2 Å². The van der Waals surface area contributed by atoms with Crippen molar-refractivity contribution >= 4 is 5.91 Å². The molecule has 2 aromatic rings. The van der Waals surface area contributed by atoms with Gasteiger partial charge in [0.1, 0.15) is 5.75 Å². The third kappa shape index (κ3) is 3.52. The minimum atomic E-state index is -0.406. The fourth-order valence-electron chi connectivity index (χ4n) is 2.86. The number of pyridine rings is 1. The Hall–Kier alpha value is -2.36. The molecule has 120 valence electrons. The molecule has 4 heteroatoms. The molecule has 2 heterocycles. The summed E-state index contributed by atoms with van der Waals surface area (Å²) in [5.41, 5.74) is 2.07. The van der Waals surface area contributed by atoms with Crippen LogP contribution in [-0.2, 0) is 17.8 Å². The number of benzene rings is 1. The number of aromatic nitrogens is 1. The Morgan fingerprint density at radius 2 is 2.04 bits per heavy atom. The predicted octanol–water partition coefficient (Wildman–Crippen LogP) is 3.21. The zero-order valence-corrected chi connectivity index (χ0v) is 13.6. The van der Waals surface area contributed by atoms with E-state index in [9.17, 15) is 4.79 Å². The maximum absolute atomic E-state index is 12.9. The summed E-state index contributed by atoms with van der Waals surface area (Å²) in [7, 11) is 0. The fourth-order valence-corrected chi connectivity index (χ4v) is 2.86. The van der Waals surface area contributed by atoms with E-state index in [-0.39, 0.29) is 11.9 Å². The molecular formula is C19H22N2O2. The number of carbonyl (C=O) groups excluding carboxylic acids is 1. The number of fused-ring (bicyclic) bond motifs is 1. The highest BCUT2D eigenvalue weighted by Crippen LogP contribution is 2.28. The largest absolute Gasteiger partial charge is 0.480 e. The van der Waals surface area contributed by atoms with E-state index in [0.29, 0.717) is 6.54 Å². The molecular weight excluding hydrogens is 288 g/mol. The summed E-state index contributed by atoms with van der Waals surface area (Å²) >= 11 is 0. The normalized spacial score (nSPS) is 16.6. The molecule has 1 aliphatic heterocycles. The molecule has 1 unspecified atom stereocenters. The monoisotopic (exact) mass is 310 g/mol. The number of aryl methyl sites for hydroxylation is 1. The summed E-state index contributed by atoms with van der Waals surface area (Å²) in [5.74, 6) is 0.874. The van der Waals surface area contributed by atoms with Gasteiger partial charge in [0.2, 0.25) is 0 Å². The van der Waals surface area contributed by atoms with Crippen LogP contribution >= 0.6 is 0 Å². The Morgan fingerprint density at radius 3 is 2.78 bits per heavy atom. The zero-order valence-electron chi connectivity index (χ0n) is 13.6. The third-order valence-corrected chi connectivity index (χ3v) is 4.16. The van der Waals surface area contributed by atoms with Crippen LogP contribution in [-0.4, -0.2) is 27.9 Å². The molecule has 3 rings (SSSR count). The Labute approximate surface area is 137 Å². The molecule has 0 N–H and O–H groups in total. The van der Waals surface area contributed by atoms with Crippen molar-refractivity contribution in [3.63, 3.8) is 0 Å². The zero-order chi connectivity index (χ0) is 16.2. The summed E-state index contributed by atoms with van der Waals surface area (Å²) in [6, 6.07) is 13.8. The number of rotatable bonds is 4. The second-order valence-corrected chi connectivity index (χ2v) is 6.13. The minimum absolute atomic E-state index is 0.0418. The molecule has 0 saturated carbocycles. The molecule has 0 spiro atoms. The minimum Gasteiger partial charge on any atom is -0.480 e. The van der Waals surface area contributed by atoms with E-state index >= 15 is 0 Å². The van der Waals surface area contributed by atoms with Crippen molar-refractivity contribution in [1.29, 1.82) is 0 Å². The number of amides is 1. The van der Waals surface area contributed by atoms with E-state index in [0.717, 1.165) is 24.3 Å². The maximum Gasteiger partial charge on any atom is 0.264 e. The Balaban J connectivity index is 1.74. The second kappa shape index (κ2) is 6.82. The van der Waals surface area contributed by atoms with E-state index in [1.54, 1.807) is 6.20 Å². The van der Waals surface area contributed by atoms with Crippen LogP contribution in [0, 0.1) is 0 Å². The molecule has 0 bridgehead atoms. The van der Waals surface area contributed by atoms with Gasteiger partial charge < -0.3 is 9.64 Å². The molecule has 4 nitrogen and oxygen atoms in total. The molecule has 0 aliphatic carbocycles. The first kappa shape index (κ1) is 15.5. The van der Waals surface area contributed by atoms with Crippen LogP contribution in [0.25, 0.3) is 0 Å². The van der Waals surface area contributed by atoms with Crippen LogP contribution in [0.5, 0.6) is 5.75 Å². The van der Waals surface area contributed by atoms with Crippen LogP contribution < -0.4 is 4.74 Å². The van der Waals surface area contributed by atoms with Gasteiger partial charge in [-0.3, -0.25) is 9.78 Å². The van der Waals surface area contributed by atoms with Crippen molar-refractivity contribution in [3.8, 4) is 5.75 Å². The third-order valence-electron chi connectivity index (χ3n) is 4.16. The van der Waals surface area contributed by atoms with E-state index in [1.807, 2.05) is 55.1 Å². The lowest BCUT2D eigenvalue weighted by atomic mass is 10.0. The van der Waals surface area contributed by atoms with Gasteiger partial charge in [0.25, 0.3) is 5.91 Å². The predicted molar refractivity (Wildman–Crippen MR) is 89.1 cm³/mol. The lowest BCUT2D eigenvalue weighted by molar-refractivity contribution is -0.142. The molecule has 0 radical (unpaired) electrons. The summed E-state index contributed by atoms with van der Waals surface area (Å²) in [6.45, 7) is 4.56. The van der Waals surface area contributed by atoms with E-state index in [4.69, 9.17) is 4.74 Å². The van der Waals surface area contributed by atoms with E-state index < -0.39 is 6.10 Å². The highest BCUT2D eigenvalue weighted by Gasteiger charge is 2.31. The van der Waals surface area contributed by atoms with Crippen molar-refractivity contribution in [2.45, 2.75) is 45.4 Å². The number of ether oxygens (including phenoxy) is 1. The first-order valence-electron chi connectivity index (χ1n) is 8.10. The fraction of sp³-hybridized carbons (Fsp3) is 0.368. The van der Waals surface area contributed by atoms with E-state index in [2.05, 4.69) is 11.1 Å². The van der Waals surface area contributed by atoms with Crippen molar-refractivity contribution in [2.24, 2.45) is 0 Å². The maximum atomic E-state index is 12.9. The molecule has 0 fully saturated rings. The van der Waals surface area contributed by atoms with Crippen molar-refractivity contribution in [2.75, 3.05) is 0 Å². The number of nitrogens with zero attached hydrogens (tertiary/aromatic N) is 2. The summed E-state index contributed by atoms with van der Waals surface area (Å²) < 4.78 is 5.95. The average Bonchev–Trinajstić information content (AvgIpc) is 2.59. The number of para-hydroxylation sites is 1. The molecule has 1 atom stereocenters. The molecule has 1 amide bonds. The Morgan fingerprint density at radius 1 is 1.26 bits per heavy atom. The van der Waals surface area contributed by atoms with Crippen molar-refractivity contribution in [1.82, 2.24) is 9.88 Å². The van der Waals surface area contributed by atoms with Crippen LogP contribution in [0.3, 0.4) is 0 Å². The number of hydrogen-bond donors (Lipinski definition) is 0. The Bertz CT molecular complexity index is 670. The second-order valence-electron chi connectivity index (χ2n) is 6.13. The van der Waals surface area contributed by atoms with Gasteiger partial charge in [0, 0.05) is 12.2 Å². The van der Waals surface area contributed by atoms with Crippen LogP contribution in [0.1, 0.15) is 31.5 Å². The van der Waals surface area contributed by atoms with Crippen molar-refractivity contribution in [3.05, 3.63) is 59.9 Å². The molecule has 1 aliphatic rings. The summed E-state index contributed by atoms with van der Waals surface area (Å²) in [5, 5.41) is 0. The quantitative estimate of drug-likeness (QED) is 0.871. The first-order valence-corrected chi connectivity index (χ1v) is 8.10. The van der Waals surface area contributed by atoms with Gasteiger partial charge in [-0.1, -0.05) is 24.3 Å². The molecule has 0 saturated heterocycles. The molecule has 1 aromatic heterocycles. The van der Waals surface area contributed by atoms with Gasteiger partial charge in [-0.2, -0.15) is 0 Å². The lowest BCUT2D eigenvalue weighted by Crippen LogP contribution is -2.46. The lowest BCUT2D eigenvalue weighted by Gasteiger charge is -2.33. The summed E-state index contributed by atoms with van der Waals surface area (Å²) in [6.07, 6.45) is 2.95. The highest BCUT2D eigenvalue weighted by molar-refractivity contribution is 5.82. The van der Waals surface area contributed by atoms with Crippen LogP contribution in [0.2, 0.25) is 0 Å². The van der Waals surface area contributed by atoms with Gasteiger partial charge >= 0.3 is 0 Å². The van der Waals surface area contributed by atoms with Gasteiger partial charge in [0.15, 0.2) is 6.10 Å². The van der Waals surface area contributed by atoms with Gasteiger partial charge in [-0.05, 0) is 50.5 Å². The highest BCUT2D eigenvalue weighted by atomic mass is 16.5. The van der Waals surface area contributed by atoms with E-state index in [1.165, 1.54) is 5.56 Å². The van der Waals surface area contributed by atoms with Gasteiger partial charge in [-0.25, -0.2) is 0 Å². The van der Waals surface area contributed by atoms with Crippen LogP contribution in [0.4, 0.5) is 0 Å². The smallest absolute Gasteiger partial charge is 0.264 e. The van der Waals surface area contributed by atoms with Crippen LogP contribution in [0.15, 0.2) is 48.7 Å². The SMILES string of the molecule is CC(C)N(Cc1ccccn1)C(=O)C1CCc2ccccc2O1. The van der Waals surface area contributed by atoms with Gasteiger partial charge in [-0.15, -0.1) is 0 Å². The van der Waals surface area contributed by atoms with Crippen molar-refractivity contribution < 1.29 is 9.53 Å². The first-order chi connectivity index (χ1) is 11.1. The number of carbonyl (C=O) groups is 1. The standard InChI is InChI=1S/C19H22N2O2/c1-14(2)21(13-16-8-5-6-12-20-16)19(22)18-11-10-15-7-3-4-9-17(15)23-18/h3-9,12,14,18H,10-11,13H2,1-2H3.